The Morgan fingerprint density at radius 2 is 2.19 bits per heavy atom. The summed E-state index contributed by atoms with van der Waals surface area (Å²) in [5, 5.41) is 2.85. The van der Waals surface area contributed by atoms with E-state index in [4.69, 9.17) is 10.2 Å². The van der Waals surface area contributed by atoms with Crippen LogP contribution in [0.3, 0.4) is 0 Å². The van der Waals surface area contributed by atoms with Gasteiger partial charge in [-0.05, 0) is 34.5 Å². The Bertz CT molecular complexity index is 476. The first-order chi connectivity index (χ1) is 9.97. The van der Waals surface area contributed by atoms with Gasteiger partial charge in [0.05, 0.1) is 6.54 Å². The van der Waals surface area contributed by atoms with Gasteiger partial charge in [0.25, 0.3) is 5.91 Å². The van der Waals surface area contributed by atoms with Crippen LogP contribution in [0.15, 0.2) is 21.2 Å². The fraction of sp³-hybridized carbons (Fsp3) is 0.571. The second-order valence-corrected chi connectivity index (χ2v) is 5.69. The molecule has 0 aliphatic heterocycles. The van der Waals surface area contributed by atoms with Crippen molar-refractivity contribution in [3.05, 3.63) is 22.6 Å². The van der Waals surface area contributed by atoms with E-state index in [-0.39, 0.29) is 30.2 Å². The van der Waals surface area contributed by atoms with Crippen molar-refractivity contribution in [3.8, 4) is 0 Å². The minimum Gasteiger partial charge on any atom is -0.444 e. The monoisotopic (exact) mass is 359 g/mol. The molecule has 0 aliphatic carbocycles. The van der Waals surface area contributed by atoms with E-state index in [2.05, 4.69) is 28.2 Å². The van der Waals surface area contributed by atoms with Gasteiger partial charge < -0.3 is 20.4 Å². The van der Waals surface area contributed by atoms with E-state index in [1.165, 1.54) is 4.90 Å². The Balaban J connectivity index is 2.47. The number of nitrogens with one attached hydrogen (secondary N) is 1. The molecule has 0 fully saturated rings. The highest BCUT2D eigenvalue weighted by Gasteiger charge is 2.19. The van der Waals surface area contributed by atoms with Gasteiger partial charge in [0.1, 0.15) is 0 Å². The third-order valence-electron chi connectivity index (χ3n) is 3.07. The smallest absolute Gasteiger partial charge is 0.289 e. The van der Waals surface area contributed by atoms with Crippen LogP contribution in [0.5, 0.6) is 0 Å². The van der Waals surface area contributed by atoms with Crippen LogP contribution in [-0.4, -0.2) is 42.9 Å². The number of likely N-dealkylation sites (N-methyl/N-ethyl adjacent to an activating group) is 1. The molecule has 1 rings (SSSR count). The van der Waals surface area contributed by atoms with Crippen molar-refractivity contribution in [2.24, 2.45) is 5.73 Å². The highest BCUT2D eigenvalue weighted by Crippen LogP contribution is 2.15. The van der Waals surface area contributed by atoms with Gasteiger partial charge >= 0.3 is 0 Å². The number of carbonyl (C=O) groups is 2. The summed E-state index contributed by atoms with van der Waals surface area (Å²) in [5.41, 5.74) is 5.63. The molecule has 118 valence electrons. The number of halogens is 1. The molecule has 0 radical (unpaired) electrons. The highest BCUT2D eigenvalue weighted by molar-refractivity contribution is 9.10. The van der Waals surface area contributed by atoms with Crippen molar-refractivity contribution in [1.29, 1.82) is 0 Å². The number of nitrogens with zero attached hydrogens (tertiary/aromatic N) is 1. The molecule has 1 atom stereocenters. The number of hydrogen-bond acceptors (Lipinski definition) is 4. The zero-order chi connectivity index (χ0) is 15.8. The summed E-state index contributed by atoms with van der Waals surface area (Å²) in [7, 11) is 1.56. The van der Waals surface area contributed by atoms with Gasteiger partial charge in [-0.3, -0.25) is 9.59 Å². The number of hydrogen-bond donors (Lipinski definition) is 2. The average molecular weight is 360 g/mol. The zero-order valence-corrected chi connectivity index (χ0v) is 14.0. The Hall–Kier alpha value is -1.34. The summed E-state index contributed by atoms with van der Waals surface area (Å²) in [6.45, 7) is 2.46. The van der Waals surface area contributed by atoms with Gasteiger partial charge in [0, 0.05) is 19.6 Å². The molecule has 0 aliphatic rings. The largest absolute Gasteiger partial charge is 0.444 e. The lowest BCUT2D eigenvalue weighted by Crippen LogP contribution is -2.45. The first kappa shape index (κ1) is 17.7. The second-order valence-electron chi connectivity index (χ2n) is 4.91. The van der Waals surface area contributed by atoms with E-state index >= 15 is 0 Å². The molecule has 0 saturated heterocycles. The van der Waals surface area contributed by atoms with Crippen LogP contribution in [0.25, 0.3) is 0 Å². The van der Waals surface area contributed by atoms with Crippen LogP contribution in [0.2, 0.25) is 0 Å². The Morgan fingerprint density at radius 3 is 2.71 bits per heavy atom. The quantitative estimate of drug-likeness (QED) is 0.739. The number of carbonyl (C=O) groups excluding carboxylic acids is 2. The maximum atomic E-state index is 12.0. The van der Waals surface area contributed by atoms with E-state index in [9.17, 15) is 9.59 Å². The molecule has 7 heteroatoms. The van der Waals surface area contributed by atoms with Crippen molar-refractivity contribution in [3.63, 3.8) is 0 Å². The van der Waals surface area contributed by atoms with Crippen LogP contribution in [0.1, 0.15) is 36.7 Å². The Labute approximate surface area is 133 Å². The molecule has 0 saturated carbocycles. The van der Waals surface area contributed by atoms with Crippen molar-refractivity contribution in [1.82, 2.24) is 10.2 Å². The first-order valence-corrected chi connectivity index (χ1v) is 7.77. The molecule has 6 nitrogen and oxygen atoms in total. The van der Waals surface area contributed by atoms with Crippen LogP contribution >= 0.6 is 15.9 Å². The van der Waals surface area contributed by atoms with E-state index in [0.29, 0.717) is 11.2 Å². The minimum absolute atomic E-state index is 0.0280. The third kappa shape index (κ3) is 5.89. The van der Waals surface area contributed by atoms with Gasteiger partial charge in [0.15, 0.2) is 10.4 Å². The number of amides is 2. The van der Waals surface area contributed by atoms with E-state index in [1.54, 1.807) is 19.2 Å². The number of rotatable bonds is 8. The fourth-order valence-electron chi connectivity index (χ4n) is 1.88. The van der Waals surface area contributed by atoms with E-state index in [0.717, 1.165) is 19.3 Å². The molecule has 3 N–H and O–H groups in total. The molecule has 1 heterocycles. The van der Waals surface area contributed by atoms with Gasteiger partial charge in [0.2, 0.25) is 5.91 Å². The summed E-state index contributed by atoms with van der Waals surface area (Å²) in [5.74, 6) is -0.365. The lowest BCUT2D eigenvalue weighted by Gasteiger charge is -2.20. The van der Waals surface area contributed by atoms with Gasteiger partial charge in [-0.2, -0.15) is 0 Å². The topological polar surface area (TPSA) is 88.6 Å². The molecule has 0 spiro atoms. The molecule has 0 aromatic carbocycles. The lowest BCUT2D eigenvalue weighted by atomic mass is 10.1. The van der Waals surface area contributed by atoms with Gasteiger partial charge in [-0.25, -0.2) is 0 Å². The van der Waals surface area contributed by atoms with Gasteiger partial charge in [-0.1, -0.05) is 19.8 Å². The number of nitrogens with two attached hydrogens (primary N) is 1. The molecule has 1 aromatic heterocycles. The number of unbranched alkanes of at least 4 members (excludes halogenated alkanes) is 1. The predicted octanol–water partition coefficient (Wildman–Crippen LogP) is 1.75. The first-order valence-electron chi connectivity index (χ1n) is 6.98. The van der Waals surface area contributed by atoms with Gasteiger partial charge in [-0.15, -0.1) is 0 Å². The molecular weight excluding hydrogens is 338 g/mol. The van der Waals surface area contributed by atoms with Crippen LogP contribution in [-0.2, 0) is 4.79 Å². The summed E-state index contributed by atoms with van der Waals surface area (Å²) in [6.07, 6.45) is 2.91. The highest BCUT2D eigenvalue weighted by atomic mass is 79.9. The third-order valence-corrected chi connectivity index (χ3v) is 3.49. The lowest BCUT2D eigenvalue weighted by molar-refractivity contribution is -0.122. The fourth-order valence-corrected chi connectivity index (χ4v) is 2.18. The van der Waals surface area contributed by atoms with Crippen molar-refractivity contribution < 1.29 is 14.0 Å². The molecule has 0 bridgehead atoms. The van der Waals surface area contributed by atoms with Crippen LogP contribution in [0, 0.1) is 0 Å². The SMILES string of the molecule is CCCCC(CN)NC(=O)CN(C)C(=O)c1ccc(Br)o1. The van der Waals surface area contributed by atoms with Crippen molar-refractivity contribution in [2.45, 2.75) is 32.2 Å². The van der Waals surface area contributed by atoms with Crippen molar-refractivity contribution >= 4 is 27.7 Å². The zero-order valence-electron chi connectivity index (χ0n) is 12.4. The Kier molecular flexibility index (Phi) is 7.45. The predicted molar refractivity (Wildman–Crippen MR) is 83.9 cm³/mol. The van der Waals surface area contributed by atoms with Crippen molar-refractivity contribution in [2.75, 3.05) is 20.1 Å². The standard InChI is InChI=1S/C14H22BrN3O3/c1-3-4-5-10(8-16)17-13(19)9-18(2)14(20)11-6-7-12(15)21-11/h6-7,10H,3-5,8-9,16H2,1-2H3,(H,17,19). The summed E-state index contributed by atoms with van der Waals surface area (Å²) in [4.78, 5) is 25.3. The summed E-state index contributed by atoms with van der Waals surface area (Å²) >= 11 is 3.14. The molecular formula is C14H22BrN3O3. The summed E-state index contributed by atoms with van der Waals surface area (Å²) < 4.78 is 5.66. The maximum absolute atomic E-state index is 12.0. The Morgan fingerprint density at radius 1 is 1.48 bits per heavy atom. The maximum Gasteiger partial charge on any atom is 0.289 e. The molecule has 1 aromatic rings. The van der Waals surface area contributed by atoms with Crippen LogP contribution in [0.4, 0.5) is 0 Å². The normalized spacial score (nSPS) is 12.0. The molecule has 2 amide bonds. The van der Waals surface area contributed by atoms with E-state index < -0.39 is 0 Å². The van der Waals surface area contributed by atoms with E-state index in [1.807, 2.05) is 0 Å². The summed E-state index contributed by atoms with van der Waals surface area (Å²) in [6, 6.07) is 3.15. The van der Waals surface area contributed by atoms with Crippen LogP contribution < -0.4 is 11.1 Å². The average Bonchev–Trinajstić information content (AvgIpc) is 2.88. The minimum atomic E-state index is -0.339. The molecule has 21 heavy (non-hydrogen) atoms. The molecule has 1 unspecified atom stereocenters. The second kappa shape index (κ2) is 8.84. The number of furan rings is 1.